The highest BCUT2D eigenvalue weighted by Gasteiger charge is 2.69. The summed E-state index contributed by atoms with van der Waals surface area (Å²) in [6, 6.07) is 0. The fraction of sp³-hybridized carbons (Fsp3) is 0.562. The Bertz CT molecular complexity index is 649. The summed E-state index contributed by atoms with van der Waals surface area (Å²) in [5, 5.41) is 20.2. The number of methoxy groups -OCH3 is 1. The Kier molecular flexibility index (Phi) is 2.94. The molecule has 7 atom stereocenters. The smallest absolute Gasteiger partial charge is 0.314 e. The molecule has 2 saturated heterocycles. The zero-order valence-corrected chi connectivity index (χ0v) is 12.8. The van der Waals surface area contributed by atoms with Crippen molar-refractivity contribution in [1.82, 2.24) is 0 Å². The summed E-state index contributed by atoms with van der Waals surface area (Å²) in [6.07, 6.45) is 0.723. The molecular weight excluding hydrogens is 304 g/mol. The molecule has 0 aromatic heterocycles. The quantitative estimate of drug-likeness (QED) is 0.554. The van der Waals surface area contributed by atoms with Crippen molar-refractivity contribution in [2.75, 3.05) is 7.11 Å². The molecule has 4 rings (SSSR count). The van der Waals surface area contributed by atoms with Crippen molar-refractivity contribution >= 4 is 5.97 Å². The highest BCUT2D eigenvalue weighted by molar-refractivity contribution is 5.74. The normalized spacial score (nSPS) is 44.5. The fourth-order valence-corrected chi connectivity index (χ4v) is 4.17. The molecule has 0 radical (unpaired) electrons. The second-order valence-electron chi connectivity index (χ2n) is 6.26. The Hall–Kier alpha value is -1.83. The van der Waals surface area contributed by atoms with Crippen molar-refractivity contribution in [1.29, 1.82) is 0 Å². The van der Waals surface area contributed by atoms with Gasteiger partial charge in [-0.3, -0.25) is 4.79 Å². The van der Waals surface area contributed by atoms with Crippen LogP contribution >= 0.6 is 0 Å². The molecule has 3 heterocycles. The Morgan fingerprint density at radius 1 is 1.52 bits per heavy atom. The number of aliphatic hydroxyl groups excluding tert-OH is 2. The minimum Gasteiger partial charge on any atom is -0.475 e. The van der Waals surface area contributed by atoms with Crippen molar-refractivity contribution in [2.45, 2.75) is 31.2 Å². The average molecular weight is 322 g/mol. The molecule has 2 fully saturated rings. The molecule has 0 bridgehead atoms. The molecular formula is C16H18O7. The molecule has 1 spiro atoms. The van der Waals surface area contributed by atoms with Gasteiger partial charge < -0.3 is 29.2 Å². The van der Waals surface area contributed by atoms with Crippen molar-refractivity contribution in [3.63, 3.8) is 0 Å². The summed E-state index contributed by atoms with van der Waals surface area (Å²) >= 11 is 0. The summed E-state index contributed by atoms with van der Waals surface area (Å²) in [6.45, 7) is 5.44. The highest BCUT2D eigenvalue weighted by atomic mass is 16.7. The van der Waals surface area contributed by atoms with Crippen LogP contribution in [-0.4, -0.2) is 47.6 Å². The summed E-state index contributed by atoms with van der Waals surface area (Å²) in [4.78, 5) is 12.0. The Morgan fingerprint density at radius 2 is 2.26 bits per heavy atom. The number of esters is 1. The molecule has 0 saturated carbocycles. The molecule has 4 aliphatic rings. The lowest BCUT2D eigenvalue weighted by atomic mass is 9.76. The first-order chi connectivity index (χ1) is 10.9. The van der Waals surface area contributed by atoms with E-state index >= 15 is 0 Å². The molecule has 7 nitrogen and oxygen atoms in total. The molecule has 0 aromatic carbocycles. The number of allylic oxidation sites excluding steroid dienone is 1. The van der Waals surface area contributed by atoms with Gasteiger partial charge in [-0.05, 0) is 13.0 Å². The first-order valence-corrected chi connectivity index (χ1v) is 7.49. The largest absolute Gasteiger partial charge is 0.475 e. The zero-order chi connectivity index (χ0) is 16.5. The van der Waals surface area contributed by atoms with Gasteiger partial charge in [0.15, 0.2) is 17.7 Å². The SMILES string of the molecule is C=C1O[C@]23C=C[C@@H]4[C@H](C(=O)OC)[C@@H](O)O[C@H](OC2=C1[C@@H](C)O)[C@@H]43. The molecule has 0 aromatic rings. The third kappa shape index (κ3) is 1.67. The van der Waals surface area contributed by atoms with Crippen LogP contribution in [0.5, 0.6) is 0 Å². The Labute approximate surface area is 132 Å². The van der Waals surface area contributed by atoms with Gasteiger partial charge in [0.2, 0.25) is 6.29 Å². The molecule has 0 unspecified atom stereocenters. The summed E-state index contributed by atoms with van der Waals surface area (Å²) < 4.78 is 22.1. The van der Waals surface area contributed by atoms with E-state index in [1.165, 1.54) is 7.11 Å². The maximum atomic E-state index is 12.0. The number of rotatable bonds is 2. The number of aliphatic hydroxyl groups is 2. The van der Waals surface area contributed by atoms with Crippen LogP contribution in [0.2, 0.25) is 0 Å². The minimum atomic E-state index is -1.33. The maximum Gasteiger partial charge on any atom is 0.314 e. The Morgan fingerprint density at radius 3 is 2.91 bits per heavy atom. The topological polar surface area (TPSA) is 94.5 Å². The summed E-state index contributed by atoms with van der Waals surface area (Å²) in [5.74, 6) is -1.31. The second kappa shape index (κ2) is 4.59. The van der Waals surface area contributed by atoms with Crippen LogP contribution in [0, 0.1) is 17.8 Å². The second-order valence-corrected chi connectivity index (χ2v) is 6.26. The van der Waals surface area contributed by atoms with Crippen molar-refractivity contribution in [3.8, 4) is 0 Å². The average Bonchev–Trinajstić information content (AvgIpc) is 3.06. The van der Waals surface area contributed by atoms with E-state index < -0.39 is 36.2 Å². The molecule has 2 N–H and O–H groups in total. The summed E-state index contributed by atoms with van der Waals surface area (Å²) in [7, 11) is 1.27. The van der Waals surface area contributed by atoms with E-state index in [-0.39, 0.29) is 11.8 Å². The van der Waals surface area contributed by atoms with Crippen LogP contribution < -0.4 is 0 Å². The van der Waals surface area contributed by atoms with E-state index in [0.717, 1.165) is 0 Å². The van der Waals surface area contributed by atoms with Crippen LogP contribution in [0.4, 0.5) is 0 Å². The first-order valence-electron chi connectivity index (χ1n) is 7.49. The third-order valence-electron chi connectivity index (χ3n) is 5.08. The number of hydrogen-bond donors (Lipinski definition) is 2. The zero-order valence-electron chi connectivity index (χ0n) is 12.8. The van der Waals surface area contributed by atoms with E-state index in [0.29, 0.717) is 17.1 Å². The van der Waals surface area contributed by atoms with Gasteiger partial charge in [0, 0.05) is 5.92 Å². The predicted octanol–water partition coefficient (Wildman–Crippen LogP) is 0.200. The van der Waals surface area contributed by atoms with Gasteiger partial charge in [0.25, 0.3) is 0 Å². The van der Waals surface area contributed by atoms with Crippen LogP contribution in [0.25, 0.3) is 0 Å². The molecule has 23 heavy (non-hydrogen) atoms. The van der Waals surface area contributed by atoms with E-state index in [1.807, 2.05) is 6.08 Å². The molecule has 0 amide bonds. The molecule has 7 heteroatoms. The van der Waals surface area contributed by atoms with E-state index in [2.05, 4.69) is 6.58 Å². The van der Waals surface area contributed by atoms with Gasteiger partial charge >= 0.3 is 5.97 Å². The lowest BCUT2D eigenvalue weighted by Crippen LogP contribution is -2.52. The van der Waals surface area contributed by atoms with Crippen LogP contribution in [0.1, 0.15) is 6.92 Å². The highest BCUT2D eigenvalue weighted by Crippen LogP contribution is 2.61. The Balaban J connectivity index is 1.80. The van der Waals surface area contributed by atoms with Crippen molar-refractivity contribution < 1.29 is 34.0 Å². The van der Waals surface area contributed by atoms with Gasteiger partial charge in [0.1, 0.15) is 11.7 Å². The number of hydrogen-bond acceptors (Lipinski definition) is 7. The monoisotopic (exact) mass is 322 g/mol. The standard InChI is InChI=1S/C16H18O7/c1-6(17)9-7(2)23-16-5-4-8-10(13(18)20-3)14(19)22-15(11(8)16)21-12(9)16/h4-6,8,10-11,14-15,17,19H,2H2,1,3H3/t6-,8-,10-,11-,14+,15+,16+/m1/s1. The first kappa shape index (κ1) is 14.7. The van der Waals surface area contributed by atoms with Gasteiger partial charge in [0.05, 0.1) is 24.7 Å². The lowest BCUT2D eigenvalue weighted by molar-refractivity contribution is -0.278. The molecule has 3 aliphatic heterocycles. The van der Waals surface area contributed by atoms with E-state index in [4.69, 9.17) is 18.9 Å². The third-order valence-corrected chi connectivity index (χ3v) is 5.08. The lowest BCUT2D eigenvalue weighted by Gasteiger charge is -2.39. The van der Waals surface area contributed by atoms with Crippen LogP contribution in [0.3, 0.4) is 0 Å². The van der Waals surface area contributed by atoms with Gasteiger partial charge in [-0.2, -0.15) is 0 Å². The van der Waals surface area contributed by atoms with Crippen molar-refractivity contribution in [2.24, 2.45) is 17.8 Å². The maximum absolute atomic E-state index is 12.0. The van der Waals surface area contributed by atoms with Gasteiger partial charge in [-0.25, -0.2) is 0 Å². The summed E-state index contributed by atoms with van der Waals surface area (Å²) in [5.41, 5.74) is -0.456. The molecule has 1 aliphatic carbocycles. The number of carbonyl (C=O) groups excluding carboxylic acids is 1. The number of ether oxygens (including phenoxy) is 4. The minimum absolute atomic E-state index is 0.347. The van der Waals surface area contributed by atoms with Gasteiger partial charge in [-0.15, -0.1) is 0 Å². The van der Waals surface area contributed by atoms with E-state index in [1.54, 1.807) is 13.0 Å². The van der Waals surface area contributed by atoms with Crippen LogP contribution in [0.15, 0.2) is 35.8 Å². The molecule has 124 valence electrons. The number of carbonyl (C=O) groups is 1. The van der Waals surface area contributed by atoms with Gasteiger partial charge in [-0.1, -0.05) is 12.7 Å². The predicted molar refractivity (Wildman–Crippen MR) is 75.3 cm³/mol. The van der Waals surface area contributed by atoms with Crippen molar-refractivity contribution in [3.05, 3.63) is 35.8 Å². The van der Waals surface area contributed by atoms with Crippen LogP contribution in [-0.2, 0) is 23.7 Å². The fourth-order valence-electron chi connectivity index (χ4n) is 4.17. The van der Waals surface area contributed by atoms with E-state index in [9.17, 15) is 15.0 Å².